The fraction of sp³-hybridized carbons (Fsp3) is 0.250. The quantitative estimate of drug-likeness (QED) is 0.604. The third-order valence-electron chi connectivity index (χ3n) is 3.49. The summed E-state index contributed by atoms with van der Waals surface area (Å²) in [6.07, 6.45) is 13.7. The van der Waals surface area contributed by atoms with E-state index in [0.29, 0.717) is 0 Å². The summed E-state index contributed by atoms with van der Waals surface area (Å²) in [5, 5.41) is 0. The fourth-order valence-electron chi connectivity index (χ4n) is 2.58. The van der Waals surface area contributed by atoms with Crippen LogP contribution in [0.25, 0.3) is 0 Å². The van der Waals surface area contributed by atoms with Gasteiger partial charge in [-0.05, 0) is 48.0 Å². The summed E-state index contributed by atoms with van der Waals surface area (Å²) in [5.74, 6) is 0. The molecule has 0 saturated carbocycles. The summed E-state index contributed by atoms with van der Waals surface area (Å²) in [6, 6.07) is 8.85. The minimum absolute atomic E-state index is 1.08. The van der Waals surface area contributed by atoms with Gasteiger partial charge in [0.2, 0.25) is 0 Å². The van der Waals surface area contributed by atoms with Gasteiger partial charge in [0.05, 0.1) is 0 Å². The molecule has 0 N–H and O–H groups in total. The average molecular weight is 208 g/mol. The summed E-state index contributed by atoms with van der Waals surface area (Å²) >= 11 is 0. The standard InChI is InChI=1S/C16H16/c1-2-6-13-10-11-14-7-4-5-9-16(14)12-15(13)8-3-1/h2-9H,1,10-12H2. The molecule has 0 unspecified atom stereocenters. The molecular weight excluding hydrogens is 192 g/mol. The fourth-order valence-corrected chi connectivity index (χ4v) is 2.58. The Morgan fingerprint density at radius 3 is 2.38 bits per heavy atom. The number of hydrogen-bond donors (Lipinski definition) is 0. The molecule has 2 aliphatic carbocycles. The van der Waals surface area contributed by atoms with Crippen LogP contribution in [0.5, 0.6) is 0 Å². The molecule has 0 aromatic heterocycles. The lowest BCUT2D eigenvalue weighted by atomic mass is 10.0. The lowest BCUT2D eigenvalue weighted by molar-refractivity contribution is 0.967. The minimum Gasteiger partial charge on any atom is -0.0805 e. The zero-order chi connectivity index (χ0) is 10.8. The number of allylic oxidation sites excluding steroid dienone is 6. The highest BCUT2D eigenvalue weighted by Crippen LogP contribution is 2.27. The van der Waals surface area contributed by atoms with Crippen LogP contribution in [0, 0.1) is 0 Å². The Morgan fingerprint density at radius 2 is 1.50 bits per heavy atom. The van der Waals surface area contributed by atoms with Crippen LogP contribution in [0.4, 0.5) is 0 Å². The van der Waals surface area contributed by atoms with Crippen LogP contribution < -0.4 is 0 Å². The van der Waals surface area contributed by atoms with Gasteiger partial charge in [-0.15, -0.1) is 0 Å². The van der Waals surface area contributed by atoms with Crippen molar-refractivity contribution in [3.8, 4) is 0 Å². The predicted molar refractivity (Wildman–Crippen MR) is 68.4 cm³/mol. The molecule has 0 heterocycles. The van der Waals surface area contributed by atoms with E-state index < -0.39 is 0 Å². The molecule has 0 nitrogen and oxygen atoms in total. The topological polar surface area (TPSA) is 0 Å². The van der Waals surface area contributed by atoms with Gasteiger partial charge in [0.1, 0.15) is 0 Å². The monoisotopic (exact) mass is 208 g/mol. The van der Waals surface area contributed by atoms with E-state index in [1.54, 1.807) is 0 Å². The summed E-state index contributed by atoms with van der Waals surface area (Å²) < 4.78 is 0. The number of aryl methyl sites for hydroxylation is 1. The van der Waals surface area contributed by atoms with Crippen molar-refractivity contribution in [2.75, 3.05) is 0 Å². The second-order valence-corrected chi connectivity index (χ2v) is 4.54. The lowest BCUT2D eigenvalue weighted by Gasteiger charge is -2.05. The predicted octanol–water partition coefficient (Wildman–Crippen LogP) is 3.99. The molecule has 80 valence electrons. The first-order valence-electron chi connectivity index (χ1n) is 6.05. The highest BCUT2D eigenvalue weighted by Gasteiger charge is 2.12. The van der Waals surface area contributed by atoms with Crippen molar-refractivity contribution in [2.24, 2.45) is 0 Å². The largest absolute Gasteiger partial charge is 0.0805 e. The first-order chi connectivity index (χ1) is 7.93. The molecule has 0 amide bonds. The molecule has 0 spiro atoms. The van der Waals surface area contributed by atoms with Crippen LogP contribution in [-0.4, -0.2) is 0 Å². The molecule has 0 saturated heterocycles. The Bertz CT molecular complexity index is 487. The normalized spacial score (nSPS) is 18.8. The second-order valence-electron chi connectivity index (χ2n) is 4.54. The van der Waals surface area contributed by atoms with E-state index in [1.807, 2.05) is 0 Å². The molecule has 0 heteroatoms. The molecule has 2 aliphatic rings. The average Bonchev–Trinajstić information content (AvgIpc) is 2.61. The van der Waals surface area contributed by atoms with Gasteiger partial charge < -0.3 is 0 Å². The van der Waals surface area contributed by atoms with E-state index in [1.165, 1.54) is 35.1 Å². The minimum atomic E-state index is 1.08. The zero-order valence-corrected chi connectivity index (χ0v) is 9.45. The number of fused-ring (bicyclic) bond motifs is 1. The molecular formula is C16H16. The molecule has 0 radical (unpaired) electrons. The summed E-state index contributed by atoms with van der Waals surface area (Å²) in [4.78, 5) is 0. The van der Waals surface area contributed by atoms with Gasteiger partial charge in [-0.3, -0.25) is 0 Å². The van der Waals surface area contributed by atoms with Crippen molar-refractivity contribution < 1.29 is 0 Å². The molecule has 3 rings (SSSR count). The van der Waals surface area contributed by atoms with Gasteiger partial charge in [-0.25, -0.2) is 0 Å². The second kappa shape index (κ2) is 4.13. The van der Waals surface area contributed by atoms with Gasteiger partial charge in [0, 0.05) is 0 Å². The Morgan fingerprint density at radius 1 is 0.750 bits per heavy atom. The van der Waals surface area contributed by atoms with Gasteiger partial charge in [0.25, 0.3) is 0 Å². The molecule has 1 aromatic rings. The Labute approximate surface area is 97.0 Å². The Hall–Kier alpha value is -1.56. The maximum absolute atomic E-state index is 2.32. The third kappa shape index (κ3) is 1.76. The molecule has 16 heavy (non-hydrogen) atoms. The van der Waals surface area contributed by atoms with Crippen molar-refractivity contribution in [1.29, 1.82) is 0 Å². The van der Waals surface area contributed by atoms with Gasteiger partial charge in [0.15, 0.2) is 0 Å². The van der Waals surface area contributed by atoms with Crippen LogP contribution in [0.1, 0.15) is 24.0 Å². The first kappa shape index (κ1) is 9.65. The van der Waals surface area contributed by atoms with E-state index in [0.717, 1.165) is 12.8 Å². The Balaban J connectivity index is 2.03. The van der Waals surface area contributed by atoms with Gasteiger partial charge in [-0.1, -0.05) is 48.6 Å². The van der Waals surface area contributed by atoms with E-state index in [4.69, 9.17) is 0 Å². The molecule has 1 aromatic carbocycles. The summed E-state index contributed by atoms with van der Waals surface area (Å²) in [5.41, 5.74) is 6.08. The van der Waals surface area contributed by atoms with Crippen LogP contribution in [0.2, 0.25) is 0 Å². The van der Waals surface area contributed by atoms with Gasteiger partial charge >= 0.3 is 0 Å². The maximum atomic E-state index is 2.32. The molecule has 0 bridgehead atoms. The lowest BCUT2D eigenvalue weighted by Crippen LogP contribution is -1.91. The van der Waals surface area contributed by atoms with Crippen LogP contribution in [0.3, 0.4) is 0 Å². The smallest absolute Gasteiger partial charge is 0.00204 e. The van der Waals surface area contributed by atoms with Crippen molar-refractivity contribution in [2.45, 2.75) is 25.7 Å². The van der Waals surface area contributed by atoms with Crippen LogP contribution >= 0.6 is 0 Å². The van der Waals surface area contributed by atoms with Crippen LogP contribution in [-0.2, 0) is 12.8 Å². The zero-order valence-electron chi connectivity index (χ0n) is 9.45. The maximum Gasteiger partial charge on any atom is -0.00204 e. The molecule has 0 fully saturated rings. The van der Waals surface area contributed by atoms with E-state index in [-0.39, 0.29) is 0 Å². The van der Waals surface area contributed by atoms with E-state index >= 15 is 0 Å². The van der Waals surface area contributed by atoms with E-state index in [2.05, 4.69) is 48.6 Å². The molecule has 0 atom stereocenters. The third-order valence-corrected chi connectivity index (χ3v) is 3.49. The SMILES string of the molecule is C1=CC2=C(C=CC1)Cc1ccccc1CC2. The van der Waals surface area contributed by atoms with Crippen molar-refractivity contribution in [1.82, 2.24) is 0 Å². The van der Waals surface area contributed by atoms with Crippen molar-refractivity contribution in [3.05, 3.63) is 70.8 Å². The van der Waals surface area contributed by atoms with Crippen LogP contribution in [0.15, 0.2) is 59.7 Å². The summed E-state index contributed by atoms with van der Waals surface area (Å²) in [7, 11) is 0. The highest BCUT2D eigenvalue weighted by molar-refractivity contribution is 5.44. The summed E-state index contributed by atoms with van der Waals surface area (Å²) in [6.45, 7) is 0. The van der Waals surface area contributed by atoms with Crippen molar-refractivity contribution in [3.63, 3.8) is 0 Å². The van der Waals surface area contributed by atoms with Gasteiger partial charge in [-0.2, -0.15) is 0 Å². The molecule has 0 aliphatic heterocycles. The Kier molecular flexibility index (Phi) is 2.49. The first-order valence-corrected chi connectivity index (χ1v) is 6.05. The van der Waals surface area contributed by atoms with Crippen molar-refractivity contribution >= 4 is 0 Å². The number of benzene rings is 1. The number of rotatable bonds is 0. The highest BCUT2D eigenvalue weighted by atomic mass is 14.2. The number of hydrogen-bond acceptors (Lipinski definition) is 0. The van der Waals surface area contributed by atoms with E-state index in [9.17, 15) is 0 Å².